The van der Waals surface area contributed by atoms with Gasteiger partial charge in [-0.3, -0.25) is 0 Å². The lowest BCUT2D eigenvalue weighted by Gasteiger charge is -2.20. The molecular formula is C16H27NO3S. The lowest BCUT2D eigenvalue weighted by Crippen LogP contribution is -2.29. The molecule has 1 aromatic carbocycles. The zero-order valence-corrected chi connectivity index (χ0v) is 14.2. The van der Waals surface area contributed by atoms with Gasteiger partial charge < -0.3 is 10.0 Å². The molecule has 1 aromatic rings. The second-order valence-electron chi connectivity index (χ2n) is 6.25. The van der Waals surface area contributed by atoms with Crippen LogP contribution in [0.15, 0.2) is 24.3 Å². The number of aliphatic hydroxyl groups excluding tert-OH is 1. The molecule has 4 nitrogen and oxygen atoms in total. The third-order valence-corrected chi connectivity index (χ3v) is 4.26. The number of benzene rings is 1. The van der Waals surface area contributed by atoms with Crippen molar-refractivity contribution >= 4 is 9.84 Å². The van der Waals surface area contributed by atoms with Crippen LogP contribution in [0.4, 0.5) is 0 Å². The summed E-state index contributed by atoms with van der Waals surface area (Å²) >= 11 is 0. The van der Waals surface area contributed by atoms with Crippen LogP contribution < -0.4 is 0 Å². The smallest absolute Gasteiger partial charge is 0.148 e. The van der Waals surface area contributed by atoms with Gasteiger partial charge in [0.25, 0.3) is 0 Å². The van der Waals surface area contributed by atoms with Gasteiger partial charge in [0.1, 0.15) is 9.84 Å². The molecule has 0 spiro atoms. The maximum Gasteiger partial charge on any atom is 0.148 e. The Bertz CT molecular complexity index is 523. The van der Waals surface area contributed by atoms with Crippen LogP contribution in [0.3, 0.4) is 0 Å². The van der Waals surface area contributed by atoms with Crippen molar-refractivity contribution in [3.63, 3.8) is 0 Å². The SMILES string of the molecule is CC(C)Cc1ccc(C(O)CN(C)CCS(C)(=O)=O)cc1. The summed E-state index contributed by atoms with van der Waals surface area (Å²) < 4.78 is 22.3. The Hall–Kier alpha value is -0.910. The Morgan fingerprint density at radius 2 is 1.76 bits per heavy atom. The van der Waals surface area contributed by atoms with E-state index in [2.05, 4.69) is 26.0 Å². The van der Waals surface area contributed by atoms with Gasteiger partial charge in [0.2, 0.25) is 0 Å². The van der Waals surface area contributed by atoms with Crippen molar-refractivity contribution < 1.29 is 13.5 Å². The van der Waals surface area contributed by atoms with Crippen molar-refractivity contribution in [2.75, 3.05) is 32.1 Å². The molecule has 0 saturated carbocycles. The van der Waals surface area contributed by atoms with Crippen molar-refractivity contribution in [2.45, 2.75) is 26.4 Å². The van der Waals surface area contributed by atoms with Crippen molar-refractivity contribution in [3.8, 4) is 0 Å². The zero-order valence-electron chi connectivity index (χ0n) is 13.4. The highest BCUT2D eigenvalue weighted by Crippen LogP contribution is 2.16. The first-order valence-corrected chi connectivity index (χ1v) is 9.36. The molecule has 21 heavy (non-hydrogen) atoms. The molecule has 1 N–H and O–H groups in total. The van der Waals surface area contributed by atoms with Gasteiger partial charge in [-0.2, -0.15) is 0 Å². The maximum atomic E-state index is 11.1. The lowest BCUT2D eigenvalue weighted by molar-refractivity contribution is 0.130. The first kappa shape index (κ1) is 18.1. The predicted molar refractivity (Wildman–Crippen MR) is 87.2 cm³/mol. The highest BCUT2D eigenvalue weighted by molar-refractivity contribution is 7.90. The number of hydrogen-bond acceptors (Lipinski definition) is 4. The van der Waals surface area contributed by atoms with E-state index in [9.17, 15) is 13.5 Å². The normalized spacial score (nSPS) is 13.9. The van der Waals surface area contributed by atoms with Crippen LogP contribution in [0.25, 0.3) is 0 Å². The van der Waals surface area contributed by atoms with Crippen LogP contribution in [0.1, 0.15) is 31.1 Å². The number of sulfone groups is 1. The van der Waals surface area contributed by atoms with E-state index in [1.165, 1.54) is 11.8 Å². The van der Waals surface area contributed by atoms with E-state index < -0.39 is 15.9 Å². The molecule has 0 radical (unpaired) electrons. The zero-order chi connectivity index (χ0) is 16.0. The standard InChI is InChI=1S/C16H27NO3S/c1-13(2)11-14-5-7-15(8-6-14)16(18)12-17(3)9-10-21(4,19)20/h5-8,13,16,18H,9-12H2,1-4H3. The summed E-state index contributed by atoms with van der Waals surface area (Å²) in [6, 6.07) is 8.00. The summed E-state index contributed by atoms with van der Waals surface area (Å²) in [4.78, 5) is 1.84. The van der Waals surface area contributed by atoms with Crippen LogP contribution in [-0.4, -0.2) is 50.6 Å². The third-order valence-electron chi connectivity index (χ3n) is 3.34. The molecule has 0 fully saturated rings. The molecule has 0 aromatic heterocycles. The van der Waals surface area contributed by atoms with Crippen LogP contribution >= 0.6 is 0 Å². The third kappa shape index (κ3) is 7.60. The Kier molecular flexibility index (Phi) is 6.84. The Morgan fingerprint density at radius 1 is 1.19 bits per heavy atom. The van der Waals surface area contributed by atoms with Crippen LogP contribution in [0.2, 0.25) is 0 Å². The molecule has 1 unspecified atom stereocenters. The monoisotopic (exact) mass is 313 g/mol. The quantitative estimate of drug-likeness (QED) is 0.796. The number of aliphatic hydroxyl groups is 1. The van der Waals surface area contributed by atoms with Gasteiger partial charge in [0.05, 0.1) is 11.9 Å². The molecule has 0 saturated heterocycles. The summed E-state index contributed by atoms with van der Waals surface area (Å²) in [7, 11) is -1.14. The van der Waals surface area contributed by atoms with Crippen LogP contribution in [-0.2, 0) is 16.3 Å². The molecule has 0 aliphatic rings. The highest BCUT2D eigenvalue weighted by Gasteiger charge is 2.12. The summed E-state index contributed by atoms with van der Waals surface area (Å²) in [6.07, 6.45) is 1.66. The Labute approximate surface area is 128 Å². The second kappa shape index (κ2) is 7.92. The van der Waals surface area contributed by atoms with E-state index in [0.29, 0.717) is 19.0 Å². The molecule has 0 amide bonds. The number of hydrogen-bond donors (Lipinski definition) is 1. The summed E-state index contributed by atoms with van der Waals surface area (Å²) in [5.74, 6) is 0.728. The number of rotatable bonds is 8. The summed E-state index contributed by atoms with van der Waals surface area (Å²) in [6.45, 7) is 5.22. The van der Waals surface area contributed by atoms with Gasteiger partial charge in [-0.1, -0.05) is 38.1 Å². The minimum absolute atomic E-state index is 0.115. The average molecular weight is 313 g/mol. The Balaban J connectivity index is 2.53. The lowest BCUT2D eigenvalue weighted by atomic mass is 10.00. The van der Waals surface area contributed by atoms with E-state index in [1.54, 1.807) is 0 Å². The molecule has 1 rings (SSSR count). The number of nitrogens with zero attached hydrogens (tertiary/aromatic N) is 1. The largest absolute Gasteiger partial charge is 0.387 e. The van der Waals surface area contributed by atoms with Gasteiger partial charge in [0.15, 0.2) is 0 Å². The van der Waals surface area contributed by atoms with Crippen LogP contribution in [0, 0.1) is 5.92 Å². The van der Waals surface area contributed by atoms with E-state index in [1.807, 2.05) is 24.1 Å². The minimum atomic E-state index is -2.96. The molecule has 1 atom stereocenters. The van der Waals surface area contributed by atoms with E-state index in [4.69, 9.17) is 0 Å². The van der Waals surface area contributed by atoms with Gasteiger partial charge in [-0.15, -0.1) is 0 Å². The maximum absolute atomic E-state index is 11.1. The van der Waals surface area contributed by atoms with Crippen molar-refractivity contribution in [1.29, 1.82) is 0 Å². The first-order chi connectivity index (χ1) is 9.67. The van der Waals surface area contributed by atoms with Gasteiger partial charge in [-0.05, 0) is 30.5 Å². The Morgan fingerprint density at radius 3 is 2.24 bits per heavy atom. The molecule has 5 heteroatoms. The van der Waals surface area contributed by atoms with Crippen molar-refractivity contribution in [1.82, 2.24) is 4.90 Å². The fourth-order valence-electron chi connectivity index (χ4n) is 2.16. The highest BCUT2D eigenvalue weighted by atomic mass is 32.2. The summed E-state index contributed by atoms with van der Waals surface area (Å²) in [5.41, 5.74) is 2.14. The minimum Gasteiger partial charge on any atom is -0.387 e. The molecule has 0 bridgehead atoms. The van der Waals surface area contributed by atoms with E-state index in [-0.39, 0.29) is 5.75 Å². The van der Waals surface area contributed by atoms with E-state index >= 15 is 0 Å². The van der Waals surface area contributed by atoms with Gasteiger partial charge in [0, 0.05) is 19.3 Å². The topological polar surface area (TPSA) is 57.6 Å². The van der Waals surface area contributed by atoms with Crippen LogP contribution in [0.5, 0.6) is 0 Å². The molecular weight excluding hydrogens is 286 g/mol. The second-order valence-corrected chi connectivity index (χ2v) is 8.51. The van der Waals surface area contributed by atoms with E-state index in [0.717, 1.165) is 12.0 Å². The predicted octanol–water partition coefficient (Wildman–Crippen LogP) is 1.89. The van der Waals surface area contributed by atoms with Crippen molar-refractivity contribution in [2.24, 2.45) is 5.92 Å². The molecule has 0 aliphatic heterocycles. The molecule has 0 aliphatic carbocycles. The van der Waals surface area contributed by atoms with Gasteiger partial charge >= 0.3 is 0 Å². The molecule has 120 valence electrons. The first-order valence-electron chi connectivity index (χ1n) is 7.30. The number of likely N-dealkylation sites (N-methyl/N-ethyl adjacent to an activating group) is 1. The fraction of sp³-hybridized carbons (Fsp3) is 0.625. The fourth-order valence-corrected chi connectivity index (χ4v) is 2.80. The van der Waals surface area contributed by atoms with Gasteiger partial charge in [-0.25, -0.2) is 8.42 Å². The summed E-state index contributed by atoms with van der Waals surface area (Å²) in [5, 5.41) is 10.2. The molecule has 0 heterocycles. The average Bonchev–Trinajstić information content (AvgIpc) is 2.35. The van der Waals surface area contributed by atoms with Crippen molar-refractivity contribution in [3.05, 3.63) is 35.4 Å².